The number of morpholine rings is 1. The predicted molar refractivity (Wildman–Crippen MR) is 99.3 cm³/mol. The topological polar surface area (TPSA) is 61.9 Å². The number of rotatable bonds is 4. The van der Waals surface area contributed by atoms with Crippen LogP contribution in [0.4, 0.5) is 5.69 Å². The van der Waals surface area contributed by atoms with Crippen molar-refractivity contribution in [2.24, 2.45) is 5.92 Å². The zero-order valence-corrected chi connectivity index (χ0v) is 15.8. The second-order valence-electron chi connectivity index (χ2n) is 6.54. The highest BCUT2D eigenvalue weighted by Gasteiger charge is 2.29. The maximum atomic E-state index is 12.5. The molecule has 1 N–H and O–H groups in total. The Morgan fingerprint density at radius 2 is 1.72 bits per heavy atom. The number of likely N-dealkylation sites (tertiary alicyclic amines) is 1. The van der Waals surface area contributed by atoms with Crippen LogP contribution in [0.5, 0.6) is 0 Å². The molecule has 25 heavy (non-hydrogen) atoms. The summed E-state index contributed by atoms with van der Waals surface area (Å²) < 4.78 is 6.29. The zero-order chi connectivity index (χ0) is 17.6. The van der Waals surface area contributed by atoms with E-state index in [2.05, 4.69) is 26.1 Å². The van der Waals surface area contributed by atoms with Crippen molar-refractivity contribution in [3.8, 4) is 0 Å². The number of hydrogen-bond acceptors (Lipinski definition) is 4. The fourth-order valence-corrected chi connectivity index (χ4v) is 3.58. The molecule has 0 atom stereocenters. The maximum absolute atomic E-state index is 12.5. The molecule has 1 aromatic carbocycles. The minimum atomic E-state index is -0.0136. The van der Waals surface area contributed by atoms with E-state index in [1.54, 1.807) is 0 Å². The van der Waals surface area contributed by atoms with E-state index in [0.29, 0.717) is 32.8 Å². The number of ether oxygens (including phenoxy) is 1. The van der Waals surface area contributed by atoms with Crippen LogP contribution in [0.15, 0.2) is 28.7 Å². The molecule has 136 valence electrons. The van der Waals surface area contributed by atoms with Gasteiger partial charge in [-0.25, -0.2) is 0 Å². The zero-order valence-electron chi connectivity index (χ0n) is 14.2. The third-order valence-electron chi connectivity index (χ3n) is 4.75. The standard InChI is InChI=1S/C18H24BrN3O3/c19-15-1-3-16(4-2-15)20-17(23)13-21-7-5-14(6-8-21)18(24)22-9-11-25-12-10-22/h1-4,14H,5-13H2,(H,20,23). The molecule has 2 aliphatic heterocycles. The molecule has 6 nitrogen and oxygen atoms in total. The van der Waals surface area contributed by atoms with Crippen LogP contribution in [-0.4, -0.2) is 67.6 Å². The molecular weight excluding hydrogens is 386 g/mol. The van der Waals surface area contributed by atoms with Crippen molar-refractivity contribution < 1.29 is 14.3 Å². The van der Waals surface area contributed by atoms with E-state index in [9.17, 15) is 9.59 Å². The Balaban J connectivity index is 1.41. The molecule has 3 rings (SSSR count). The predicted octanol–water partition coefficient (Wildman–Crippen LogP) is 1.96. The second-order valence-corrected chi connectivity index (χ2v) is 7.46. The number of nitrogens with one attached hydrogen (secondary N) is 1. The molecule has 1 aromatic rings. The van der Waals surface area contributed by atoms with Crippen LogP contribution < -0.4 is 5.32 Å². The molecule has 0 aliphatic carbocycles. The minimum absolute atomic E-state index is 0.0136. The molecule has 0 saturated carbocycles. The van der Waals surface area contributed by atoms with E-state index >= 15 is 0 Å². The number of hydrogen-bond donors (Lipinski definition) is 1. The van der Waals surface area contributed by atoms with Crippen molar-refractivity contribution in [2.75, 3.05) is 51.3 Å². The van der Waals surface area contributed by atoms with Gasteiger partial charge >= 0.3 is 0 Å². The molecule has 2 heterocycles. The van der Waals surface area contributed by atoms with Gasteiger partial charge in [-0.3, -0.25) is 14.5 Å². The molecule has 2 saturated heterocycles. The minimum Gasteiger partial charge on any atom is -0.378 e. The van der Waals surface area contributed by atoms with Gasteiger partial charge in [-0.1, -0.05) is 15.9 Å². The van der Waals surface area contributed by atoms with Gasteiger partial charge in [0.2, 0.25) is 11.8 Å². The highest BCUT2D eigenvalue weighted by Crippen LogP contribution is 2.20. The van der Waals surface area contributed by atoms with Crippen LogP contribution in [0.25, 0.3) is 0 Å². The number of piperidine rings is 1. The van der Waals surface area contributed by atoms with E-state index < -0.39 is 0 Å². The molecule has 7 heteroatoms. The number of halogens is 1. The highest BCUT2D eigenvalue weighted by molar-refractivity contribution is 9.10. The van der Waals surface area contributed by atoms with Crippen LogP contribution in [0.2, 0.25) is 0 Å². The van der Waals surface area contributed by atoms with E-state index in [-0.39, 0.29) is 17.7 Å². The molecule has 2 amide bonds. The van der Waals surface area contributed by atoms with Gasteiger partial charge in [-0.2, -0.15) is 0 Å². The summed E-state index contributed by atoms with van der Waals surface area (Å²) in [6.45, 7) is 4.63. The summed E-state index contributed by atoms with van der Waals surface area (Å²) in [5.74, 6) is 0.325. The number of nitrogens with zero attached hydrogens (tertiary/aromatic N) is 2. The summed E-state index contributed by atoms with van der Waals surface area (Å²) in [7, 11) is 0. The summed E-state index contributed by atoms with van der Waals surface area (Å²) in [5.41, 5.74) is 0.797. The van der Waals surface area contributed by atoms with Crippen LogP contribution in [0.3, 0.4) is 0 Å². The smallest absolute Gasteiger partial charge is 0.238 e. The third kappa shape index (κ3) is 5.26. The van der Waals surface area contributed by atoms with Gasteiger partial charge in [0.05, 0.1) is 19.8 Å². The van der Waals surface area contributed by atoms with Crippen molar-refractivity contribution in [3.63, 3.8) is 0 Å². The first-order valence-corrected chi connectivity index (χ1v) is 9.55. The van der Waals surface area contributed by atoms with E-state index in [4.69, 9.17) is 4.74 Å². The number of carbonyl (C=O) groups is 2. The molecule has 0 bridgehead atoms. The number of amides is 2. The van der Waals surface area contributed by atoms with Gasteiger partial charge in [0.15, 0.2) is 0 Å². The lowest BCUT2D eigenvalue weighted by molar-refractivity contribution is -0.141. The monoisotopic (exact) mass is 409 g/mol. The lowest BCUT2D eigenvalue weighted by Crippen LogP contribution is -2.47. The summed E-state index contributed by atoms with van der Waals surface area (Å²) in [6, 6.07) is 7.54. The normalized spacial score (nSPS) is 19.6. The Bertz CT molecular complexity index is 594. The van der Waals surface area contributed by atoms with Crippen molar-refractivity contribution in [1.82, 2.24) is 9.80 Å². The molecule has 0 radical (unpaired) electrons. The van der Waals surface area contributed by atoms with Crippen molar-refractivity contribution in [3.05, 3.63) is 28.7 Å². The molecule has 0 unspecified atom stereocenters. The fraction of sp³-hybridized carbons (Fsp3) is 0.556. The first kappa shape index (κ1) is 18.4. The van der Waals surface area contributed by atoms with Gasteiger partial charge in [-0.05, 0) is 50.2 Å². The van der Waals surface area contributed by atoms with Crippen LogP contribution in [-0.2, 0) is 14.3 Å². The molecule has 2 aliphatic rings. The SMILES string of the molecule is O=C(CN1CCC(C(=O)N2CCOCC2)CC1)Nc1ccc(Br)cc1. The first-order chi connectivity index (χ1) is 12.1. The Kier molecular flexibility index (Phi) is 6.45. The average Bonchev–Trinajstić information content (AvgIpc) is 2.64. The van der Waals surface area contributed by atoms with Crippen LogP contribution in [0.1, 0.15) is 12.8 Å². The van der Waals surface area contributed by atoms with Gasteiger partial charge in [0.1, 0.15) is 0 Å². The summed E-state index contributed by atoms with van der Waals surface area (Å²) >= 11 is 3.38. The lowest BCUT2D eigenvalue weighted by Gasteiger charge is -2.35. The molecular formula is C18H24BrN3O3. The lowest BCUT2D eigenvalue weighted by atomic mass is 9.95. The third-order valence-corrected chi connectivity index (χ3v) is 5.28. The second kappa shape index (κ2) is 8.78. The van der Waals surface area contributed by atoms with Crippen molar-refractivity contribution in [2.45, 2.75) is 12.8 Å². The summed E-state index contributed by atoms with van der Waals surface area (Å²) in [4.78, 5) is 28.7. The Morgan fingerprint density at radius 3 is 2.36 bits per heavy atom. The number of carbonyl (C=O) groups excluding carboxylic acids is 2. The molecule has 0 aromatic heterocycles. The summed E-state index contributed by atoms with van der Waals surface area (Å²) in [5, 5.41) is 2.91. The van der Waals surface area contributed by atoms with Crippen molar-refractivity contribution >= 4 is 33.4 Å². The van der Waals surface area contributed by atoms with Gasteiger partial charge in [0.25, 0.3) is 0 Å². The van der Waals surface area contributed by atoms with Gasteiger partial charge < -0.3 is 15.0 Å². The number of anilines is 1. The van der Waals surface area contributed by atoms with Crippen LogP contribution in [0, 0.1) is 5.92 Å². The Labute approximate surface area is 156 Å². The van der Waals surface area contributed by atoms with E-state index in [0.717, 1.165) is 36.1 Å². The molecule has 0 spiro atoms. The van der Waals surface area contributed by atoms with Gasteiger partial charge in [-0.15, -0.1) is 0 Å². The number of benzene rings is 1. The molecule has 2 fully saturated rings. The fourth-order valence-electron chi connectivity index (χ4n) is 3.32. The first-order valence-electron chi connectivity index (χ1n) is 8.76. The van der Waals surface area contributed by atoms with Gasteiger partial charge in [0, 0.05) is 29.2 Å². The van der Waals surface area contributed by atoms with E-state index in [1.807, 2.05) is 29.2 Å². The Hall–Kier alpha value is -1.44. The van der Waals surface area contributed by atoms with Crippen molar-refractivity contribution in [1.29, 1.82) is 0 Å². The van der Waals surface area contributed by atoms with E-state index in [1.165, 1.54) is 0 Å². The highest BCUT2D eigenvalue weighted by atomic mass is 79.9. The van der Waals surface area contributed by atoms with Crippen LogP contribution >= 0.6 is 15.9 Å². The maximum Gasteiger partial charge on any atom is 0.238 e. The summed E-state index contributed by atoms with van der Waals surface area (Å²) in [6.07, 6.45) is 1.64. The average molecular weight is 410 g/mol. The largest absolute Gasteiger partial charge is 0.378 e. The quantitative estimate of drug-likeness (QED) is 0.825. The Morgan fingerprint density at radius 1 is 1.08 bits per heavy atom.